The van der Waals surface area contributed by atoms with E-state index >= 15 is 0 Å². The van der Waals surface area contributed by atoms with Crippen LogP contribution >= 0.6 is 0 Å². The topological polar surface area (TPSA) is 108 Å². The second kappa shape index (κ2) is 8.31. The molecule has 0 bridgehead atoms. The van der Waals surface area contributed by atoms with E-state index in [2.05, 4.69) is 15.3 Å². The molecule has 1 aromatic carbocycles. The number of fused-ring (bicyclic) bond motifs is 3. The van der Waals surface area contributed by atoms with Crippen molar-refractivity contribution in [1.29, 1.82) is 0 Å². The van der Waals surface area contributed by atoms with Crippen LogP contribution in [-0.4, -0.2) is 44.1 Å². The highest BCUT2D eigenvalue weighted by atomic mass is 19.4. The number of nitrogens with zero attached hydrogens (tertiary/aromatic N) is 2. The Morgan fingerprint density at radius 3 is 2.77 bits per heavy atom. The number of nitrogens with two attached hydrogens (primary N) is 1. The highest BCUT2D eigenvalue weighted by Crippen LogP contribution is 2.65. The molecule has 0 radical (unpaired) electrons. The van der Waals surface area contributed by atoms with Gasteiger partial charge in [0, 0.05) is 16.7 Å². The molecule has 1 fully saturated rings. The van der Waals surface area contributed by atoms with Gasteiger partial charge in [-0.15, -0.1) is 0 Å². The number of rotatable bonds is 4. The summed E-state index contributed by atoms with van der Waals surface area (Å²) in [5.74, 6) is -0.00822. The number of alkyl halides is 3. The first-order valence-corrected chi connectivity index (χ1v) is 11.3. The molecule has 2 atom stereocenters. The lowest BCUT2D eigenvalue weighted by molar-refractivity contribution is -0.163. The third-order valence-corrected chi connectivity index (χ3v) is 6.75. The van der Waals surface area contributed by atoms with Gasteiger partial charge in [-0.3, -0.25) is 4.79 Å². The highest BCUT2D eigenvalue weighted by Gasteiger charge is 2.66. The van der Waals surface area contributed by atoms with Gasteiger partial charge >= 0.3 is 6.18 Å². The Morgan fingerprint density at radius 1 is 1.29 bits per heavy atom. The average molecular weight is 490 g/mol. The molecule has 3 heterocycles. The van der Waals surface area contributed by atoms with E-state index in [1.54, 1.807) is 18.2 Å². The first-order valence-electron chi connectivity index (χ1n) is 11.3. The van der Waals surface area contributed by atoms with Crippen molar-refractivity contribution >= 4 is 23.8 Å². The number of allylic oxidation sites excluding steroid dienone is 3. The molecule has 2 unspecified atom stereocenters. The average Bonchev–Trinajstić information content (AvgIpc) is 3.47. The summed E-state index contributed by atoms with van der Waals surface area (Å²) in [4.78, 5) is 21.8. The lowest BCUT2D eigenvalue weighted by atomic mass is 9.74. The molecular formula is C24H25F3N4O4. The summed E-state index contributed by atoms with van der Waals surface area (Å²) in [5, 5.41) is 2.83. The van der Waals surface area contributed by atoms with E-state index in [-0.39, 0.29) is 28.8 Å². The quantitative estimate of drug-likeness (QED) is 0.668. The highest BCUT2D eigenvalue weighted by molar-refractivity contribution is 6.05. The molecule has 3 N–H and O–H groups in total. The molecule has 11 heteroatoms. The van der Waals surface area contributed by atoms with E-state index in [0.717, 1.165) is 24.6 Å². The largest absolute Gasteiger partial charge is 0.493 e. The molecule has 1 aromatic rings. The maximum absolute atomic E-state index is 13.0. The number of carbonyl (C=O) groups excluding carboxylic acids is 1. The fraction of sp³-hybridized carbons (Fsp3) is 0.458. The normalized spacial score (nSPS) is 26.4. The zero-order valence-electron chi connectivity index (χ0n) is 19.0. The van der Waals surface area contributed by atoms with Crippen LogP contribution in [0.1, 0.15) is 31.7 Å². The van der Waals surface area contributed by atoms with E-state index in [1.807, 2.05) is 13.0 Å². The molecule has 5 rings (SSSR count). The number of amidine groups is 1. The number of anilines is 1. The van der Waals surface area contributed by atoms with Crippen LogP contribution in [0.4, 0.5) is 18.9 Å². The summed E-state index contributed by atoms with van der Waals surface area (Å²) in [7, 11) is 0. The van der Waals surface area contributed by atoms with Gasteiger partial charge in [-0.25, -0.2) is 9.98 Å². The maximum Gasteiger partial charge on any atom is 0.422 e. The Labute approximate surface area is 199 Å². The van der Waals surface area contributed by atoms with E-state index in [4.69, 9.17) is 19.9 Å². The molecule has 4 aliphatic rings. The molecule has 1 amide bonds. The van der Waals surface area contributed by atoms with Gasteiger partial charge in [-0.05, 0) is 55.5 Å². The molecule has 0 aromatic heterocycles. The summed E-state index contributed by atoms with van der Waals surface area (Å²) >= 11 is 0. The summed E-state index contributed by atoms with van der Waals surface area (Å²) in [6.45, 7) is 1.25. The standard InChI is InChI=1S/C24H25F3N4O4/c1-14-2-4-16(33-13-24(25,26)27)10-29-18(8-14)20(32)30-15-3-5-19-17(9-15)23(12-35-21(28)31-23)22(6-7-22)11-34-19/h3-5,8-10,14H,2,6-7,11-13H2,1H3,(H2,28,31)(H,30,32). The van der Waals surface area contributed by atoms with Crippen molar-refractivity contribution in [3.63, 3.8) is 0 Å². The third-order valence-electron chi connectivity index (χ3n) is 6.75. The summed E-state index contributed by atoms with van der Waals surface area (Å²) in [6, 6.07) is 5.44. The number of aliphatic imine (C=N–C) groups is 2. The minimum atomic E-state index is -4.47. The number of nitrogens with one attached hydrogen (secondary N) is 1. The van der Waals surface area contributed by atoms with Crippen LogP contribution in [0.5, 0.6) is 5.75 Å². The number of ether oxygens (including phenoxy) is 3. The van der Waals surface area contributed by atoms with Gasteiger partial charge in [0.1, 0.15) is 29.4 Å². The number of hydrogen-bond acceptors (Lipinski definition) is 7. The van der Waals surface area contributed by atoms with Crippen LogP contribution in [0.3, 0.4) is 0 Å². The van der Waals surface area contributed by atoms with Gasteiger partial charge in [-0.1, -0.05) is 6.92 Å². The van der Waals surface area contributed by atoms with Gasteiger partial charge in [0.25, 0.3) is 11.9 Å². The fourth-order valence-electron chi connectivity index (χ4n) is 4.69. The SMILES string of the molecule is CC1C=C(C(=O)Nc2ccc3c(c2)C2(COC(N)=N2)C2(CC2)CO3)N=CC(OCC(F)(F)F)=CC1. The summed E-state index contributed by atoms with van der Waals surface area (Å²) in [6.07, 6.45) is 2.13. The maximum atomic E-state index is 13.0. The number of hydrogen-bond donors (Lipinski definition) is 2. The fourth-order valence-corrected chi connectivity index (χ4v) is 4.69. The van der Waals surface area contributed by atoms with E-state index in [0.29, 0.717) is 31.1 Å². The number of carbonyl (C=O) groups is 1. The van der Waals surface area contributed by atoms with Crippen LogP contribution < -0.4 is 15.8 Å². The summed E-state index contributed by atoms with van der Waals surface area (Å²) < 4.78 is 53.9. The third kappa shape index (κ3) is 4.46. The van der Waals surface area contributed by atoms with Crippen LogP contribution in [0.15, 0.2) is 51.8 Å². The van der Waals surface area contributed by atoms with Crippen molar-refractivity contribution in [2.45, 2.75) is 37.9 Å². The van der Waals surface area contributed by atoms with E-state index in [9.17, 15) is 18.0 Å². The van der Waals surface area contributed by atoms with Gasteiger partial charge in [0.2, 0.25) is 0 Å². The van der Waals surface area contributed by atoms with Crippen LogP contribution in [-0.2, 0) is 19.8 Å². The predicted molar refractivity (Wildman–Crippen MR) is 122 cm³/mol. The number of halogens is 3. The van der Waals surface area contributed by atoms with Gasteiger partial charge in [-0.2, -0.15) is 13.2 Å². The van der Waals surface area contributed by atoms with E-state index in [1.165, 1.54) is 6.08 Å². The Hall–Kier alpha value is -3.50. The first-order chi connectivity index (χ1) is 16.6. The van der Waals surface area contributed by atoms with Crippen molar-refractivity contribution in [3.05, 3.63) is 47.4 Å². The van der Waals surface area contributed by atoms with Gasteiger partial charge in [0.15, 0.2) is 6.61 Å². The zero-order valence-corrected chi connectivity index (χ0v) is 19.0. The van der Waals surface area contributed by atoms with E-state index < -0.39 is 24.2 Å². The van der Waals surface area contributed by atoms with Crippen molar-refractivity contribution in [1.82, 2.24) is 0 Å². The second-order valence-electron chi connectivity index (χ2n) is 9.37. The second-order valence-corrected chi connectivity index (χ2v) is 9.37. The Morgan fingerprint density at radius 2 is 2.09 bits per heavy atom. The molecule has 2 spiro atoms. The first kappa shape index (κ1) is 23.3. The van der Waals surface area contributed by atoms with Crippen LogP contribution in [0.2, 0.25) is 0 Å². The lowest BCUT2D eigenvalue weighted by Gasteiger charge is -2.39. The molecule has 35 heavy (non-hydrogen) atoms. The number of benzene rings is 1. The minimum Gasteiger partial charge on any atom is -0.493 e. The van der Waals surface area contributed by atoms with Crippen molar-refractivity contribution in [2.75, 3.05) is 25.1 Å². The Balaban J connectivity index is 1.37. The monoisotopic (exact) mass is 490 g/mol. The molecule has 186 valence electrons. The van der Waals surface area contributed by atoms with Crippen LogP contribution in [0, 0.1) is 11.3 Å². The smallest absolute Gasteiger partial charge is 0.422 e. The molecule has 3 aliphatic heterocycles. The zero-order chi connectivity index (χ0) is 24.8. The van der Waals surface area contributed by atoms with Crippen molar-refractivity contribution < 1.29 is 32.2 Å². The van der Waals surface area contributed by atoms with Gasteiger partial charge < -0.3 is 25.3 Å². The predicted octanol–water partition coefficient (Wildman–Crippen LogP) is 3.80. The van der Waals surface area contributed by atoms with Crippen molar-refractivity contribution in [3.8, 4) is 5.75 Å². The van der Waals surface area contributed by atoms with Crippen molar-refractivity contribution in [2.24, 2.45) is 27.1 Å². The molecule has 1 saturated carbocycles. The lowest BCUT2D eigenvalue weighted by Crippen LogP contribution is -2.44. The van der Waals surface area contributed by atoms with Gasteiger partial charge in [0.05, 0.1) is 12.8 Å². The number of amides is 1. The molecule has 8 nitrogen and oxygen atoms in total. The molecular weight excluding hydrogens is 465 g/mol. The molecule has 1 aliphatic carbocycles. The van der Waals surface area contributed by atoms with Crippen LogP contribution in [0.25, 0.3) is 0 Å². The Kier molecular flexibility index (Phi) is 5.52. The summed E-state index contributed by atoms with van der Waals surface area (Å²) in [5.41, 5.74) is 6.42. The Bertz CT molecular complexity index is 1170. The minimum absolute atomic E-state index is 0.0353. The molecule has 0 saturated heterocycles.